The van der Waals surface area contributed by atoms with Crippen LogP contribution in [-0.2, 0) is 0 Å². The van der Waals surface area contributed by atoms with Gasteiger partial charge in [-0.05, 0) is 33.2 Å². The summed E-state index contributed by atoms with van der Waals surface area (Å²) in [4.78, 5) is 8.29. The first-order chi connectivity index (χ1) is 8.74. The minimum atomic E-state index is 0.132. The summed E-state index contributed by atoms with van der Waals surface area (Å²) >= 11 is 0. The molecule has 0 aliphatic carbocycles. The van der Waals surface area contributed by atoms with E-state index >= 15 is 0 Å². The number of anilines is 1. The van der Waals surface area contributed by atoms with E-state index in [0.29, 0.717) is 11.9 Å². The average Bonchev–Trinajstić information content (AvgIpc) is 2.37. The van der Waals surface area contributed by atoms with Gasteiger partial charge in [-0.2, -0.15) is 0 Å². The SMILES string of the molecule is CC(C)Oc1cc(NCC2CCCCN2)ncn1. The number of ether oxygens (including phenoxy) is 1. The highest BCUT2D eigenvalue weighted by molar-refractivity contribution is 5.37. The second-order valence-electron chi connectivity index (χ2n) is 4.94. The first-order valence-electron chi connectivity index (χ1n) is 6.70. The Morgan fingerprint density at radius 2 is 2.33 bits per heavy atom. The van der Waals surface area contributed by atoms with Gasteiger partial charge in [0.1, 0.15) is 12.1 Å². The van der Waals surface area contributed by atoms with Gasteiger partial charge in [0, 0.05) is 18.7 Å². The molecular weight excluding hydrogens is 228 g/mol. The first kappa shape index (κ1) is 13.1. The van der Waals surface area contributed by atoms with Crippen molar-refractivity contribution in [3.8, 4) is 5.88 Å². The third-order valence-electron chi connectivity index (χ3n) is 2.94. The van der Waals surface area contributed by atoms with Crippen LogP contribution in [0.2, 0.25) is 0 Å². The van der Waals surface area contributed by atoms with Crippen molar-refractivity contribution < 1.29 is 4.74 Å². The van der Waals surface area contributed by atoms with E-state index in [-0.39, 0.29) is 6.10 Å². The predicted molar refractivity (Wildman–Crippen MR) is 71.9 cm³/mol. The van der Waals surface area contributed by atoms with Crippen LogP contribution in [0.3, 0.4) is 0 Å². The normalized spacial score (nSPS) is 19.8. The number of rotatable bonds is 5. The van der Waals surface area contributed by atoms with E-state index < -0.39 is 0 Å². The summed E-state index contributed by atoms with van der Waals surface area (Å²) in [6, 6.07) is 2.39. The van der Waals surface area contributed by atoms with Crippen molar-refractivity contribution in [2.24, 2.45) is 0 Å². The molecule has 0 saturated carbocycles. The molecule has 1 unspecified atom stereocenters. The Morgan fingerprint density at radius 3 is 3.06 bits per heavy atom. The van der Waals surface area contributed by atoms with Gasteiger partial charge in [0.2, 0.25) is 5.88 Å². The molecule has 0 aromatic carbocycles. The van der Waals surface area contributed by atoms with Crippen molar-refractivity contribution in [3.05, 3.63) is 12.4 Å². The molecule has 1 atom stereocenters. The summed E-state index contributed by atoms with van der Waals surface area (Å²) in [7, 11) is 0. The zero-order valence-electron chi connectivity index (χ0n) is 11.1. The predicted octanol–water partition coefficient (Wildman–Crippen LogP) is 1.82. The van der Waals surface area contributed by atoms with Crippen molar-refractivity contribution in [1.82, 2.24) is 15.3 Å². The van der Waals surface area contributed by atoms with Crippen molar-refractivity contribution in [3.63, 3.8) is 0 Å². The third-order valence-corrected chi connectivity index (χ3v) is 2.94. The molecule has 1 aliphatic heterocycles. The van der Waals surface area contributed by atoms with Crippen LogP contribution in [0.15, 0.2) is 12.4 Å². The number of hydrogen-bond acceptors (Lipinski definition) is 5. The van der Waals surface area contributed by atoms with Crippen LogP contribution in [0.25, 0.3) is 0 Å². The van der Waals surface area contributed by atoms with Gasteiger partial charge in [0.05, 0.1) is 6.10 Å². The second kappa shape index (κ2) is 6.54. The highest BCUT2D eigenvalue weighted by atomic mass is 16.5. The Labute approximate surface area is 108 Å². The second-order valence-corrected chi connectivity index (χ2v) is 4.94. The van der Waals surface area contributed by atoms with E-state index in [2.05, 4.69) is 20.6 Å². The summed E-state index contributed by atoms with van der Waals surface area (Å²) in [5.74, 6) is 1.45. The Hall–Kier alpha value is -1.36. The smallest absolute Gasteiger partial charge is 0.218 e. The first-order valence-corrected chi connectivity index (χ1v) is 6.70. The molecule has 5 nitrogen and oxygen atoms in total. The summed E-state index contributed by atoms with van der Waals surface area (Å²) in [5, 5.41) is 6.83. The quantitative estimate of drug-likeness (QED) is 0.834. The maximum absolute atomic E-state index is 5.54. The Kier molecular flexibility index (Phi) is 4.75. The molecule has 1 aromatic rings. The van der Waals surface area contributed by atoms with E-state index in [9.17, 15) is 0 Å². The fourth-order valence-electron chi connectivity index (χ4n) is 2.07. The molecule has 18 heavy (non-hydrogen) atoms. The number of piperidine rings is 1. The van der Waals surface area contributed by atoms with Crippen LogP contribution in [0.5, 0.6) is 5.88 Å². The lowest BCUT2D eigenvalue weighted by atomic mass is 10.1. The van der Waals surface area contributed by atoms with Crippen molar-refractivity contribution >= 4 is 5.82 Å². The number of aromatic nitrogens is 2. The van der Waals surface area contributed by atoms with E-state index in [1.807, 2.05) is 19.9 Å². The van der Waals surface area contributed by atoms with Gasteiger partial charge in [0.15, 0.2) is 0 Å². The zero-order valence-corrected chi connectivity index (χ0v) is 11.1. The molecule has 1 aliphatic rings. The average molecular weight is 250 g/mol. The van der Waals surface area contributed by atoms with Crippen LogP contribution in [-0.4, -0.2) is 35.2 Å². The molecule has 0 radical (unpaired) electrons. The molecule has 0 spiro atoms. The van der Waals surface area contributed by atoms with Crippen LogP contribution < -0.4 is 15.4 Å². The fraction of sp³-hybridized carbons (Fsp3) is 0.692. The van der Waals surface area contributed by atoms with Crippen LogP contribution in [0.1, 0.15) is 33.1 Å². The van der Waals surface area contributed by atoms with E-state index in [0.717, 1.165) is 18.9 Å². The van der Waals surface area contributed by atoms with Gasteiger partial charge in [0.25, 0.3) is 0 Å². The maximum atomic E-state index is 5.54. The number of hydrogen-bond donors (Lipinski definition) is 2. The van der Waals surface area contributed by atoms with Gasteiger partial charge in [-0.3, -0.25) is 0 Å². The van der Waals surface area contributed by atoms with Crippen LogP contribution in [0.4, 0.5) is 5.82 Å². The molecule has 1 aromatic heterocycles. The summed E-state index contributed by atoms with van der Waals surface area (Å²) in [5.41, 5.74) is 0. The fourth-order valence-corrected chi connectivity index (χ4v) is 2.07. The highest BCUT2D eigenvalue weighted by Crippen LogP contribution is 2.13. The largest absolute Gasteiger partial charge is 0.475 e. The lowest BCUT2D eigenvalue weighted by Gasteiger charge is -2.23. The lowest BCUT2D eigenvalue weighted by molar-refractivity contribution is 0.232. The van der Waals surface area contributed by atoms with Gasteiger partial charge < -0.3 is 15.4 Å². The van der Waals surface area contributed by atoms with Crippen LogP contribution in [0, 0.1) is 0 Å². The lowest BCUT2D eigenvalue weighted by Crippen LogP contribution is -2.39. The Morgan fingerprint density at radius 1 is 1.44 bits per heavy atom. The topological polar surface area (TPSA) is 59.1 Å². The zero-order chi connectivity index (χ0) is 12.8. The number of nitrogens with one attached hydrogen (secondary N) is 2. The molecular formula is C13H22N4O. The van der Waals surface area contributed by atoms with E-state index in [1.54, 1.807) is 0 Å². The number of nitrogens with zero attached hydrogens (tertiary/aromatic N) is 2. The molecule has 1 fully saturated rings. The van der Waals surface area contributed by atoms with Gasteiger partial charge in [-0.1, -0.05) is 6.42 Å². The molecule has 1 saturated heterocycles. The molecule has 0 amide bonds. The molecule has 2 rings (SSSR count). The van der Waals surface area contributed by atoms with Crippen molar-refractivity contribution in [2.45, 2.75) is 45.3 Å². The van der Waals surface area contributed by atoms with Gasteiger partial charge >= 0.3 is 0 Å². The molecule has 0 bridgehead atoms. The minimum Gasteiger partial charge on any atom is -0.475 e. The summed E-state index contributed by atoms with van der Waals surface area (Å²) < 4.78 is 5.54. The molecule has 5 heteroatoms. The molecule has 2 heterocycles. The van der Waals surface area contributed by atoms with Crippen LogP contribution >= 0.6 is 0 Å². The van der Waals surface area contributed by atoms with Gasteiger partial charge in [-0.25, -0.2) is 9.97 Å². The maximum Gasteiger partial charge on any atom is 0.218 e. The molecule has 2 N–H and O–H groups in total. The van der Waals surface area contributed by atoms with Gasteiger partial charge in [-0.15, -0.1) is 0 Å². The summed E-state index contributed by atoms with van der Waals surface area (Å²) in [6.07, 6.45) is 5.50. The van der Waals surface area contributed by atoms with E-state index in [4.69, 9.17) is 4.74 Å². The highest BCUT2D eigenvalue weighted by Gasteiger charge is 2.12. The third kappa shape index (κ3) is 4.14. The molecule has 100 valence electrons. The van der Waals surface area contributed by atoms with Crippen molar-refractivity contribution in [2.75, 3.05) is 18.4 Å². The summed E-state index contributed by atoms with van der Waals surface area (Å²) in [6.45, 7) is 6.00. The Bertz CT molecular complexity index is 364. The standard InChI is InChI=1S/C13H22N4O/c1-10(2)18-13-7-12(16-9-17-13)15-8-11-5-3-4-6-14-11/h7,9-11,14H,3-6,8H2,1-2H3,(H,15,16,17). The monoisotopic (exact) mass is 250 g/mol. The minimum absolute atomic E-state index is 0.132. The van der Waals surface area contributed by atoms with E-state index in [1.165, 1.54) is 25.6 Å². The van der Waals surface area contributed by atoms with Crippen molar-refractivity contribution in [1.29, 1.82) is 0 Å². The Balaban J connectivity index is 1.84.